The minimum atomic E-state index is 0.109. The fourth-order valence-corrected chi connectivity index (χ4v) is 3.65. The Hall–Kier alpha value is -3.21. The van der Waals surface area contributed by atoms with Gasteiger partial charge in [0.15, 0.2) is 0 Å². The Bertz CT molecular complexity index is 918. The molecule has 1 aliphatic heterocycles. The summed E-state index contributed by atoms with van der Waals surface area (Å²) in [6.07, 6.45) is 4.43. The van der Waals surface area contributed by atoms with Gasteiger partial charge in [0.1, 0.15) is 5.82 Å². The smallest absolute Gasteiger partial charge is 0.149 e. The fourth-order valence-electron chi connectivity index (χ4n) is 3.65. The number of nitrogens with zero attached hydrogens (tertiary/aromatic N) is 5. The van der Waals surface area contributed by atoms with Crippen LogP contribution in [0.4, 0.5) is 11.5 Å². The summed E-state index contributed by atoms with van der Waals surface area (Å²) in [6, 6.07) is 20.8. The van der Waals surface area contributed by atoms with Gasteiger partial charge in [-0.3, -0.25) is 4.98 Å². The number of rotatable bonds is 6. The van der Waals surface area contributed by atoms with Gasteiger partial charge in [0, 0.05) is 37.6 Å². The van der Waals surface area contributed by atoms with E-state index in [9.17, 15) is 0 Å². The molecule has 5 heteroatoms. The Labute approximate surface area is 166 Å². The van der Waals surface area contributed by atoms with E-state index in [-0.39, 0.29) is 6.04 Å². The van der Waals surface area contributed by atoms with Gasteiger partial charge < -0.3 is 4.90 Å². The normalized spacial score (nSPS) is 16.1. The van der Waals surface area contributed by atoms with Crippen molar-refractivity contribution in [3.05, 3.63) is 84.3 Å². The Morgan fingerprint density at radius 3 is 2.21 bits per heavy atom. The van der Waals surface area contributed by atoms with Crippen LogP contribution in [0, 0.1) is 0 Å². The highest BCUT2D eigenvalue weighted by Crippen LogP contribution is 2.36. The van der Waals surface area contributed by atoms with E-state index in [2.05, 4.69) is 53.0 Å². The van der Waals surface area contributed by atoms with Crippen LogP contribution in [0.1, 0.15) is 37.6 Å². The number of benzene rings is 1. The maximum atomic E-state index is 4.89. The van der Waals surface area contributed by atoms with Gasteiger partial charge >= 0.3 is 0 Å². The Morgan fingerprint density at radius 1 is 0.893 bits per heavy atom. The molecule has 0 saturated heterocycles. The van der Waals surface area contributed by atoms with Crippen molar-refractivity contribution >= 4 is 17.2 Å². The lowest BCUT2D eigenvalue weighted by Crippen LogP contribution is -2.22. The molecule has 0 saturated carbocycles. The highest BCUT2D eigenvalue weighted by atomic mass is 15.5. The van der Waals surface area contributed by atoms with Crippen LogP contribution in [0.15, 0.2) is 78.2 Å². The van der Waals surface area contributed by atoms with Crippen LogP contribution < -0.4 is 9.91 Å². The first-order valence-corrected chi connectivity index (χ1v) is 9.84. The van der Waals surface area contributed by atoms with Gasteiger partial charge in [-0.25, -0.2) is 9.99 Å². The highest BCUT2D eigenvalue weighted by Gasteiger charge is 2.31. The molecule has 1 aliphatic rings. The number of hydrazone groups is 1. The molecular weight excluding hydrogens is 346 g/mol. The molecule has 142 valence electrons. The minimum Gasteiger partial charge on any atom is -0.372 e. The predicted octanol–water partition coefficient (Wildman–Crippen LogP) is 4.68. The van der Waals surface area contributed by atoms with Crippen LogP contribution in [0.25, 0.3) is 0 Å². The number of hydrogen-bond donors (Lipinski definition) is 0. The number of hydrogen-bond acceptors (Lipinski definition) is 5. The zero-order chi connectivity index (χ0) is 19.3. The van der Waals surface area contributed by atoms with E-state index < -0.39 is 0 Å². The molecule has 5 nitrogen and oxygen atoms in total. The molecule has 0 spiro atoms. The lowest BCUT2D eigenvalue weighted by Gasteiger charge is -2.25. The Kier molecular flexibility index (Phi) is 5.33. The van der Waals surface area contributed by atoms with Crippen LogP contribution in [0.2, 0.25) is 0 Å². The lowest BCUT2D eigenvalue weighted by atomic mass is 10.00. The van der Waals surface area contributed by atoms with E-state index in [1.807, 2.05) is 53.8 Å². The lowest BCUT2D eigenvalue weighted by molar-refractivity contribution is 0.698. The van der Waals surface area contributed by atoms with Gasteiger partial charge in [-0.15, -0.1) is 0 Å². The Morgan fingerprint density at radius 2 is 1.61 bits per heavy atom. The molecule has 1 unspecified atom stereocenters. The first-order valence-electron chi connectivity index (χ1n) is 9.84. The van der Waals surface area contributed by atoms with Gasteiger partial charge in [-0.1, -0.05) is 24.3 Å². The van der Waals surface area contributed by atoms with Crippen molar-refractivity contribution in [1.29, 1.82) is 0 Å². The second-order valence-electron chi connectivity index (χ2n) is 6.78. The summed E-state index contributed by atoms with van der Waals surface area (Å²) >= 11 is 0. The molecule has 1 atom stereocenters. The van der Waals surface area contributed by atoms with Gasteiger partial charge in [0.25, 0.3) is 0 Å². The molecule has 0 fully saturated rings. The number of anilines is 2. The second-order valence-corrected chi connectivity index (χ2v) is 6.78. The van der Waals surface area contributed by atoms with E-state index >= 15 is 0 Å². The van der Waals surface area contributed by atoms with E-state index in [0.29, 0.717) is 0 Å². The summed E-state index contributed by atoms with van der Waals surface area (Å²) in [4.78, 5) is 11.4. The van der Waals surface area contributed by atoms with E-state index in [0.717, 1.165) is 36.7 Å². The molecule has 0 aliphatic carbocycles. The van der Waals surface area contributed by atoms with Crippen molar-refractivity contribution in [1.82, 2.24) is 9.97 Å². The summed E-state index contributed by atoms with van der Waals surface area (Å²) in [7, 11) is 0. The summed E-state index contributed by atoms with van der Waals surface area (Å²) in [6.45, 7) is 6.38. The third kappa shape index (κ3) is 3.60. The van der Waals surface area contributed by atoms with Crippen LogP contribution in [-0.4, -0.2) is 28.8 Å². The number of aromatic nitrogens is 2. The van der Waals surface area contributed by atoms with Crippen molar-refractivity contribution in [2.24, 2.45) is 5.10 Å². The topological polar surface area (TPSA) is 44.6 Å². The van der Waals surface area contributed by atoms with E-state index in [1.165, 1.54) is 11.3 Å². The third-order valence-corrected chi connectivity index (χ3v) is 5.16. The summed E-state index contributed by atoms with van der Waals surface area (Å²) in [5, 5.41) is 6.92. The molecule has 0 amide bonds. The monoisotopic (exact) mass is 371 g/mol. The summed E-state index contributed by atoms with van der Waals surface area (Å²) in [5.74, 6) is 0.853. The average Bonchev–Trinajstić information content (AvgIpc) is 3.22. The molecule has 0 radical (unpaired) electrons. The minimum absolute atomic E-state index is 0.109. The molecular formula is C23H25N5. The molecule has 3 heterocycles. The zero-order valence-electron chi connectivity index (χ0n) is 16.4. The van der Waals surface area contributed by atoms with E-state index in [1.54, 1.807) is 0 Å². The molecule has 28 heavy (non-hydrogen) atoms. The molecule has 4 rings (SSSR count). The maximum absolute atomic E-state index is 4.89. The first-order chi connectivity index (χ1) is 13.8. The largest absolute Gasteiger partial charge is 0.372 e. The predicted molar refractivity (Wildman–Crippen MR) is 115 cm³/mol. The van der Waals surface area contributed by atoms with E-state index in [4.69, 9.17) is 5.10 Å². The molecule has 0 bridgehead atoms. The summed E-state index contributed by atoms with van der Waals surface area (Å²) < 4.78 is 0. The molecule has 0 N–H and O–H groups in total. The molecule has 3 aromatic rings. The average molecular weight is 371 g/mol. The maximum Gasteiger partial charge on any atom is 0.149 e. The van der Waals surface area contributed by atoms with Gasteiger partial charge in [-0.05, 0) is 55.8 Å². The van der Waals surface area contributed by atoms with Gasteiger partial charge in [0.05, 0.1) is 17.4 Å². The van der Waals surface area contributed by atoms with Crippen LogP contribution >= 0.6 is 0 Å². The number of pyridine rings is 2. The third-order valence-electron chi connectivity index (χ3n) is 5.16. The summed E-state index contributed by atoms with van der Waals surface area (Å²) in [5.41, 5.74) is 4.40. The highest BCUT2D eigenvalue weighted by molar-refractivity contribution is 6.01. The standard InChI is InChI=1S/C23H25N5/c1-3-27(4-2)19-13-11-18(12-14-19)22-17-21(20-9-5-7-15-24-20)26-28(22)23-10-6-8-16-25-23/h5-16,22H,3-4,17H2,1-2H3. The van der Waals surface area contributed by atoms with Crippen molar-refractivity contribution in [3.63, 3.8) is 0 Å². The molecule has 1 aromatic carbocycles. The van der Waals surface area contributed by atoms with Crippen LogP contribution in [0.5, 0.6) is 0 Å². The van der Waals surface area contributed by atoms with Crippen molar-refractivity contribution < 1.29 is 0 Å². The van der Waals surface area contributed by atoms with Crippen LogP contribution in [-0.2, 0) is 0 Å². The van der Waals surface area contributed by atoms with Crippen molar-refractivity contribution in [2.75, 3.05) is 23.0 Å². The van der Waals surface area contributed by atoms with Crippen molar-refractivity contribution in [3.8, 4) is 0 Å². The SMILES string of the molecule is CCN(CC)c1ccc(C2CC(c3ccccn3)=NN2c2ccccn2)cc1. The van der Waals surface area contributed by atoms with Crippen molar-refractivity contribution in [2.45, 2.75) is 26.3 Å². The molecule has 2 aromatic heterocycles. The van der Waals surface area contributed by atoms with Gasteiger partial charge in [0.2, 0.25) is 0 Å². The fraction of sp³-hybridized carbons (Fsp3) is 0.261. The van der Waals surface area contributed by atoms with Gasteiger partial charge in [-0.2, -0.15) is 5.10 Å². The van der Waals surface area contributed by atoms with Crippen LogP contribution in [0.3, 0.4) is 0 Å². The zero-order valence-corrected chi connectivity index (χ0v) is 16.4. The second kappa shape index (κ2) is 8.21. The Balaban J connectivity index is 1.67. The quantitative estimate of drug-likeness (QED) is 0.631. The first kappa shape index (κ1) is 18.2.